The number of Topliss-reactive ketones (excluding diaryl/α,β-unsaturated/α-hetero) is 1. The van der Waals surface area contributed by atoms with E-state index in [4.69, 9.17) is 5.73 Å². The van der Waals surface area contributed by atoms with E-state index in [1.165, 1.54) is 11.1 Å². The average molecular weight is 279 g/mol. The quantitative estimate of drug-likeness (QED) is 0.867. The maximum Gasteiger partial charge on any atom is 0.147 e. The number of rotatable bonds is 4. The number of carbonyl (C=O) groups excluding carboxylic acids is 1. The molecule has 0 radical (unpaired) electrons. The first-order valence-corrected chi connectivity index (χ1v) is 7.47. The fourth-order valence-corrected chi connectivity index (χ4v) is 2.99. The molecule has 0 aromatic heterocycles. The van der Waals surface area contributed by atoms with Gasteiger partial charge in [-0.3, -0.25) is 4.79 Å². The van der Waals surface area contributed by atoms with Crippen LogP contribution in [0.25, 0.3) is 0 Å². The third kappa shape index (κ3) is 2.58. The second-order valence-corrected chi connectivity index (χ2v) is 6.23. The van der Waals surface area contributed by atoms with Gasteiger partial charge in [-0.1, -0.05) is 35.9 Å². The molecule has 1 saturated carbocycles. The molecule has 0 saturated heterocycles. The van der Waals surface area contributed by atoms with E-state index in [0.717, 1.165) is 29.7 Å². The van der Waals surface area contributed by atoms with Gasteiger partial charge in [0.2, 0.25) is 0 Å². The molecule has 1 aliphatic rings. The summed E-state index contributed by atoms with van der Waals surface area (Å²) >= 11 is 0. The van der Waals surface area contributed by atoms with Crippen molar-refractivity contribution in [2.45, 2.75) is 38.5 Å². The van der Waals surface area contributed by atoms with Gasteiger partial charge in [0.15, 0.2) is 0 Å². The predicted octanol–water partition coefficient (Wildman–Crippen LogP) is 3.73. The lowest BCUT2D eigenvalue weighted by molar-refractivity contribution is -0.120. The van der Waals surface area contributed by atoms with Gasteiger partial charge < -0.3 is 5.73 Å². The minimum absolute atomic E-state index is 0.260. The first-order valence-electron chi connectivity index (χ1n) is 7.47. The van der Waals surface area contributed by atoms with E-state index in [9.17, 15) is 4.79 Å². The Morgan fingerprint density at radius 1 is 1.10 bits per heavy atom. The van der Waals surface area contributed by atoms with Crippen molar-refractivity contribution in [1.29, 1.82) is 0 Å². The molecule has 0 atom stereocenters. The second-order valence-electron chi connectivity index (χ2n) is 6.23. The van der Waals surface area contributed by atoms with Crippen LogP contribution in [0, 0.1) is 13.8 Å². The third-order valence-electron chi connectivity index (χ3n) is 4.60. The molecule has 0 aliphatic heterocycles. The smallest absolute Gasteiger partial charge is 0.147 e. The summed E-state index contributed by atoms with van der Waals surface area (Å²) in [6, 6.07) is 14.1. The summed E-state index contributed by atoms with van der Waals surface area (Å²) in [5.41, 5.74) is 10.9. The molecule has 2 heteroatoms. The van der Waals surface area contributed by atoms with Gasteiger partial charge in [-0.15, -0.1) is 0 Å². The third-order valence-corrected chi connectivity index (χ3v) is 4.60. The number of aryl methyl sites for hydroxylation is 2. The molecular formula is C19H21NO. The lowest BCUT2D eigenvalue weighted by Crippen LogP contribution is -2.22. The standard InChI is InChI=1S/C19H21NO/c1-13-3-4-14(2)15(11-13)12-18(21)19(9-10-19)16-5-7-17(20)8-6-16/h3-8,11H,9-10,12,20H2,1-2H3. The number of carbonyl (C=O) groups is 1. The van der Waals surface area contributed by atoms with E-state index in [0.29, 0.717) is 12.2 Å². The van der Waals surface area contributed by atoms with Crippen molar-refractivity contribution in [2.75, 3.05) is 5.73 Å². The molecular weight excluding hydrogens is 258 g/mol. The van der Waals surface area contributed by atoms with E-state index in [1.807, 2.05) is 24.3 Å². The van der Waals surface area contributed by atoms with Gasteiger partial charge in [0, 0.05) is 12.1 Å². The van der Waals surface area contributed by atoms with Gasteiger partial charge >= 0.3 is 0 Å². The largest absolute Gasteiger partial charge is 0.399 e. The molecule has 1 aliphatic carbocycles. The number of benzene rings is 2. The Kier molecular flexibility index (Phi) is 3.32. The topological polar surface area (TPSA) is 43.1 Å². The Hall–Kier alpha value is -2.09. The highest BCUT2D eigenvalue weighted by Gasteiger charge is 2.50. The molecule has 2 nitrogen and oxygen atoms in total. The van der Waals surface area contributed by atoms with Crippen molar-refractivity contribution in [3.8, 4) is 0 Å². The van der Waals surface area contributed by atoms with Crippen LogP contribution in [0.1, 0.15) is 35.1 Å². The lowest BCUT2D eigenvalue weighted by atomic mass is 9.87. The fraction of sp³-hybridized carbons (Fsp3) is 0.316. The molecule has 2 N–H and O–H groups in total. The van der Waals surface area contributed by atoms with Gasteiger partial charge in [-0.05, 0) is 55.5 Å². The molecule has 0 amide bonds. The molecule has 0 bridgehead atoms. The van der Waals surface area contributed by atoms with Gasteiger partial charge in [-0.25, -0.2) is 0 Å². The molecule has 21 heavy (non-hydrogen) atoms. The van der Waals surface area contributed by atoms with Crippen LogP contribution in [0.3, 0.4) is 0 Å². The van der Waals surface area contributed by atoms with Crippen molar-refractivity contribution in [3.63, 3.8) is 0 Å². The number of nitrogens with two attached hydrogens (primary N) is 1. The first-order chi connectivity index (χ1) is 10.0. The first kappa shape index (κ1) is 13.9. The fourth-order valence-electron chi connectivity index (χ4n) is 2.99. The van der Waals surface area contributed by atoms with E-state index in [-0.39, 0.29) is 5.41 Å². The summed E-state index contributed by atoms with van der Waals surface area (Å²) in [6.45, 7) is 4.14. The molecule has 1 fully saturated rings. The maximum atomic E-state index is 12.8. The monoisotopic (exact) mass is 279 g/mol. The van der Waals surface area contributed by atoms with Gasteiger partial charge in [0.1, 0.15) is 5.78 Å². The van der Waals surface area contributed by atoms with Crippen LogP contribution in [0.15, 0.2) is 42.5 Å². The SMILES string of the molecule is Cc1ccc(C)c(CC(=O)C2(c3ccc(N)cc3)CC2)c1. The van der Waals surface area contributed by atoms with Crippen LogP contribution in [0.2, 0.25) is 0 Å². The summed E-state index contributed by atoms with van der Waals surface area (Å²) in [5.74, 6) is 0.334. The van der Waals surface area contributed by atoms with Gasteiger partial charge in [-0.2, -0.15) is 0 Å². The maximum absolute atomic E-state index is 12.8. The Bertz CT molecular complexity index is 681. The normalized spacial score (nSPS) is 15.7. The van der Waals surface area contributed by atoms with E-state index >= 15 is 0 Å². The number of ketones is 1. The average Bonchev–Trinajstić information content (AvgIpc) is 3.25. The molecule has 108 valence electrons. The zero-order valence-corrected chi connectivity index (χ0v) is 12.6. The highest BCUT2D eigenvalue weighted by Crippen LogP contribution is 2.49. The number of hydrogen-bond acceptors (Lipinski definition) is 2. The second kappa shape index (κ2) is 5.03. The van der Waals surface area contributed by atoms with Crippen LogP contribution in [0.4, 0.5) is 5.69 Å². The lowest BCUT2D eigenvalue weighted by Gasteiger charge is -2.16. The summed E-state index contributed by atoms with van der Waals surface area (Å²) in [4.78, 5) is 12.8. The van der Waals surface area contributed by atoms with E-state index in [2.05, 4.69) is 32.0 Å². The number of hydrogen-bond donors (Lipinski definition) is 1. The molecule has 0 spiro atoms. The molecule has 3 rings (SSSR count). The zero-order chi connectivity index (χ0) is 15.0. The van der Waals surface area contributed by atoms with Crippen LogP contribution in [-0.4, -0.2) is 5.78 Å². The molecule has 2 aromatic rings. The van der Waals surface area contributed by atoms with Crippen molar-refractivity contribution in [3.05, 3.63) is 64.7 Å². The zero-order valence-electron chi connectivity index (χ0n) is 12.6. The summed E-state index contributed by atoms with van der Waals surface area (Å²) in [5, 5.41) is 0. The van der Waals surface area contributed by atoms with Crippen molar-refractivity contribution >= 4 is 11.5 Å². The Morgan fingerprint density at radius 3 is 2.38 bits per heavy atom. The predicted molar refractivity (Wildman–Crippen MR) is 86.4 cm³/mol. The minimum Gasteiger partial charge on any atom is -0.399 e. The van der Waals surface area contributed by atoms with Gasteiger partial charge in [0.25, 0.3) is 0 Å². The number of anilines is 1. The summed E-state index contributed by atoms with van der Waals surface area (Å²) in [7, 11) is 0. The van der Waals surface area contributed by atoms with Crippen LogP contribution in [-0.2, 0) is 16.6 Å². The van der Waals surface area contributed by atoms with Crippen LogP contribution >= 0.6 is 0 Å². The molecule has 0 unspecified atom stereocenters. The van der Waals surface area contributed by atoms with E-state index < -0.39 is 0 Å². The van der Waals surface area contributed by atoms with Crippen molar-refractivity contribution in [2.24, 2.45) is 0 Å². The number of nitrogen functional groups attached to an aromatic ring is 1. The van der Waals surface area contributed by atoms with Gasteiger partial charge in [0.05, 0.1) is 5.41 Å². The van der Waals surface area contributed by atoms with Crippen LogP contribution in [0.5, 0.6) is 0 Å². The Morgan fingerprint density at radius 2 is 1.76 bits per heavy atom. The van der Waals surface area contributed by atoms with E-state index in [1.54, 1.807) is 0 Å². The summed E-state index contributed by atoms with van der Waals surface area (Å²) in [6.07, 6.45) is 2.44. The molecule has 0 heterocycles. The Balaban J connectivity index is 1.85. The highest BCUT2D eigenvalue weighted by molar-refractivity contribution is 5.94. The highest BCUT2D eigenvalue weighted by atomic mass is 16.1. The molecule has 2 aromatic carbocycles. The Labute approximate surface area is 126 Å². The van der Waals surface area contributed by atoms with Crippen molar-refractivity contribution in [1.82, 2.24) is 0 Å². The summed E-state index contributed by atoms with van der Waals surface area (Å²) < 4.78 is 0. The van der Waals surface area contributed by atoms with Crippen molar-refractivity contribution < 1.29 is 4.79 Å². The van der Waals surface area contributed by atoms with Crippen LogP contribution < -0.4 is 5.73 Å². The minimum atomic E-state index is -0.260.